The van der Waals surface area contributed by atoms with Gasteiger partial charge in [0.1, 0.15) is 0 Å². The first kappa shape index (κ1) is 15.5. The molecule has 2 saturated heterocycles. The van der Waals surface area contributed by atoms with Crippen molar-refractivity contribution in [2.75, 3.05) is 32.7 Å². The van der Waals surface area contributed by atoms with Crippen LogP contribution in [0.25, 0.3) is 0 Å². The Kier molecular flexibility index (Phi) is 6.00. The Labute approximate surface area is 138 Å². The molecule has 0 bridgehead atoms. The van der Waals surface area contributed by atoms with Crippen molar-refractivity contribution in [3.05, 3.63) is 0 Å². The summed E-state index contributed by atoms with van der Waals surface area (Å²) in [5, 5.41) is 0. The third-order valence-corrected chi connectivity index (χ3v) is 6.61. The van der Waals surface area contributed by atoms with E-state index in [4.69, 9.17) is 0 Å². The van der Waals surface area contributed by atoms with Crippen molar-refractivity contribution in [1.82, 2.24) is 13.3 Å². The van der Waals surface area contributed by atoms with Gasteiger partial charge in [0.15, 0.2) is 0 Å². The van der Waals surface area contributed by atoms with E-state index in [0.29, 0.717) is 0 Å². The zero-order chi connectivity index (χ0) is 13.8. The van der Waals surface area contributed by atoms with Crippen LogP contribution in [0.2, 0.25) is 0 Å². The highest BCUT2D eigenvalue weighted by Crippen LogP contribution is 2.30. The molecule has 3 fully saturated rings. The molecule has 0 aromatic heterocycles. The zero-order valence-electron chi connectivity index (χ0n) is 12.7. The Balaban J connectivity index is 1.36. The molecule has 4 heteroatoms. The Morgan fingerprint density at radius 1 is 0.850 bits per heavy atom. The molecule has 0 amide bonds. The highest BCUT2D eigenvalue weighted by atomic mass is 127. The van der Waals surface area contributed by atoms with Gasteiger partial charge in [-0.3, -0.25) is 3.53 Å². The highest BCUT2D eigenvalue weighted by molar-refractivity contribution is 14.1. The Bertz CT molecular complexity index is 277. The summed E-state index contributed by atoms with van der Waals surface area (Å²) in [6.45, 7) is 6.76. The Hall–Kier alpha value is 0.610. The second kappa shape index (κ2) is 7.75. The largest absolute Gasteiger partial charge is 0.303 e. The minimum Gasteiger partial charge on any atom is -0.303 e. The third kappa shape index (κ3) is 4.08. The van der Waals surface area contributed by atoms with Crippen LogP contribution >= 0.6 is 22.9 Å². The molecule has 2 aliphatic heterocycles. The molecule has 0 aromatic rings. The van der Waals surface area contributed by atoms with Crippen molar-refractivity contribution in [2.24, 2.45) is 5.92 Å². The van der Waals surface area contributed by atoms with Gasteiger partial charge in [-0.2, -0.15) is 0 Å². The van der Waals surface area contributed by atoms with E-state index in [0.717, 1.165) is 18.0 Å². The van der Waals surface area contributed by atoms with Gasteiger partial charge in [-0.05, 0) is 83.5 Å². The molecular formula is C16H30IN3. The number of rotatable bonds is 4. The molecule has 20 heavy (non-hydrogen) atoms. The second-order valence-corrected chi connectivity index (χ2v) is 7.72. The summed E-state index contributed by atoms with van der Waals surface area (Å²) in [6, 6.07) is 1.69. The molecule has 1 aliphatic carbocycles. The topological polar surface area (TPSA) is 18.5 Å². The lowest BCUT2D eigenvalue weighted by molar-refractivity contribution is 0.124. The summed E-state index contributed by atoms with van der Waals surface area (Å²) in [7, 11) is 0. The van der Waals surface area contributed by atoms with Crippen LogP contribution in [0.15, 0.2) is 0 Å². The van der Waals surface area contributed by atoms with Crippen LogP contribution in [-0.2, 0) is 0 Å². The number of hydrogen-bond donors (Lipinski definition) is 1. The third-order valence-electron chi connectivity index (χ3n) is 5.73. The first-order valence-electron chi connectivity index (χ1n) is 8.67. The molecule has 3 nitrogen and oxygen atoms in total. The van der Waals surface area contributed by atoms with Gasteiger partial charge in [0.2, 0.25) is 0 Å². The number of hydrogen-bond acceptors (Lipinski definition) is 3. The van der Waals surface area contributed by atoms with Crippen LogP contribution in [0.1, 0.15) is 51.4 Å². The predicted octanol–water partition coefficient (Wildman–Crippen LogP) is 3.05. The van der Waals surface area contributed by atoms with Crippen LogP contribution < -0.4 is 3.53 Å². The predicted molar refractivity (Wildman–Crippen MR) is 93.2 cm³/mol. The van der Waals surface area contributed by atoms with Crippen molar-refractivity contribution in [3.63, 3.8) is 0 Å². The van der Waals surface area contributed by atoms with Crippen molar-refractivity contribution < 1.29 is 0 Å². The van der Waals surface area contributed by atoms with Gasteiger partial charge in [-0.1, -0.05) is 0 Å². The van der Waals surface area contributed by atoms with Gasteiger partial charge in [-0.25, -0.2) is 0 Å². The maximum Gasteiger partial charge on any atom is 0.0187 e. The number of nitrogens with zero attached hydrogens (tertiary/aromatic N) is 2. The van der Waals surface area contributed by atoms with Gasteiger partial charge in [0.25, 0.3) is 0 Å². The van der Waals surface area contributed by atoms with Crippen LogP contribution in [-0.4, -0.2) is 54.6 Å². The van der Waals surface area contributed by atoms with E-state index in [1.807, 2.05) is 0 Å². The minimum absolute atomic E-state index is 0.762. The van der Waals surface area contributed by atoms with E-state index in [2.05, 4.69) is 36.2 Å². The van der Waals surface area contributed by atoms with Crippen LogP contribution in [0, 0.1) is 5.92 Å². The molecule has 3 aliphatic rings. The van der Waals surface area contributed by atoms with Crippen LogP contribution in [0.5, 0.6) is 0 Å². The van der Waals surface area contributed by atoms with E-state index in [-0.39, 0.29) is 0 Å². The fourth-order valence-electron chi connectivity index (χ4n) is 4.39. The van der Waals surface area contributed by atoms with E-state index in [1.54, 1.807) is 0 Å². The van der Waals surface area contributed by atoms with Crippen molar-refractivity contribution in [2.45, 2.75) is 63.5 Å². The Morgan fingerprint density at radius 2 is 1.50 bits per heavy atom. The first-order valence-corrected chi connectivity index (χ1v) is 9.75. The van der Waals surface area contributed by atoms with Gasteiger partial charge in [-0.15, -0.1) is 0 Å². The van der Waals surface area contributed by atoms with E-state index >= 15 is 0 Å². The molecule has 0 atom stereocenters. The molecule has 3 rings (SSSR count). The van der Waals surface area contributed by atoms with Gasteiger partial charge >= 0.3 is 0 Å². The number of piperidine rings is 1. The van der Waals surface area contributed by atoms with Crippen LogP contribution in [0.4, 0.5) is 0 Å². The fourth-order valence-corrected chi connectivity index (χ4v) is 5.01. The first-order chi connectivity index (χ1) is 9.85. The second-order valence-electron chi connectivity index (χ2n) is 7.10. The molecular weight excluding hydrogens is 361 g/mol. The summed E-state index contributed by atoms with van der Waals surface area (Å²) in [5.41, 5.74) is 0. The molecule has 0 aromatic carbocycles. The summed E-state index contributed by atoms with van der Waals surface area (Å²) >= 11 is 2.32. The SMILES string of the molecule is INC1CCN(CC2CCC(N3CCCC3)CC2)CC1. The lowest BCUT2D eigenvalue weighted by atomic mass is 9.84. The van der Waals surface area contributed by atoms with Crippen molar-refractivity contribution in [3.8, 4) is 0 Å². The fraction of sp³-hybridized carbons (Fsp3) is 1.00. The normalized spacial score (nSPS) is 34.6. The van der Waals surface area contributed by atoms with E-state index in [9.17, 15) is 0 Å². The quantitative estimate of drug-likeness (QED) is 0.587. The lowest BCUT2D eigenvalue weighted by Gasteiger charge is -2.38. The maximum atomic E-state index is 3.40. The average Bonchev–Trinajstić information content (AvgIpc) is 3.03. The monoisotopic (exact) mass is 391 g/mol. The van der Waals surface area contributed by atoms with E-state index < -0.39 is 0 Å². The smallest absolute Gasteiger partial charge is 0.0187 e. The molecule has 2 heterocycles. The lowest BCUT2D eigenvalue weighted by Crippen LogP contribution is -2.43. The number of likely N-dealkylation sites (tertiary alicyclic amines) is 2. The van der Waals surface area contributed by atoms with Gasteiger partial charge in [0.05, 0.1) is 0 Å². The molecule has 116 valence electrons. The van der Waals surface area contributed by atoms with Gasteiger partial charge in [0, 0.05) is 41.5 Å². The van der Waals surface area contributed by atoms with Crippen molar-refractivity contribution in [1.29, 1.82) is 0 Å². The molecule has 0 unspecified atom stereocenters. The highest BCUT2D eigenvalue weighted by Gasteiger charge is 2.29. The number of nitrogens with one attached hydrogen (secondary N) is 1. The Morgan fingerprint density at radius 3 is 2.10 bits per heavy atom. The average molecular weight is 391 g/mol. The van der Waals surface area contributed by atoms with E-state index in [1.165, 1.54) is 84.1 Å². The summed E-state index contributed by atoms with van der Waals surface area (Å²) in [6.07, 6.45) is 11.5. The summed E-state index contributed by atoms with van der Waals surface area (Å²) in [5.74, 6) is 0.984. The molecule has 0 radical (unpaired) electrons. The molecule has 1 saturated carbocycles. The van der Waals surface area contributed by atoms with Gasteiger partial charge < -0.3 is 9.80 Å². The zero-order valence-corrected chi connectivity index (χ0v) is 14.9. The summed E-state index contributed by atoms with van der Waals surface area (Å²) in [4.78, 5) is 5.50. The summed E-state index contributed by atoms with van der Waals surface area (Å²) < 4.78 is 3.40. The van der Waals surface area contributed by atoms with Crippen molar-refractivity contribution >= 4 is 22.9 Å². The van der Waals surface area contributed by atoms with Crippen LogP contribution in [0.3, 0.4) is 0 Å². The maximum absolute atomic E-state index is 3.40. The standard InChI is InChI=1S/C16H30IN3/c17-18-15-7-11-19(12-8-15)13-14-3-5-16(6-4-14)20-9-1-2-10-20/h14-16,18H,1-13H2. The number of halogens is 1. The minimum atomic E-state index is 0.762. The molecule has 1 N–H and O–H groups in total. The molecule has 0 spiro atoms.